The lowest BCUT2D eigenvalue weighted by molar-refractivity contribution is 0.0187. The van der Waals surface area contributed by atoms with Gasteiger partial charge in [0, 0.05) is 50.1 Å². The summed E-state index contributed by atoms with van der Waals surface area (Å²) in [7, 11) is 0. The van der Waals surface area contributed by atoms with Crippen LogP contribution in [0.2, 0.25) is 0 Å². The Morgan fingerprint density at radius 2 is 0.732 bits per heavy atom. The number of rotatable bonds is 4. The molecule has 5 heterocycles. The van der Waals surface area contributed by atoms with Gasteiger partial charge in [-0.1, -0.05) is 0 Å². The van der Waals surface area contributed by atoms with E-state index in [1.165, 1.54) is 34.0 Å². The third kappa shape index (κ3) is 3.59. The molecule has 0 unspecified atom stereocenters. The Balaban J connectivity index is 1.17. The van der Waals surface area contributed by atoms with Crippen LogP contribution >= 0.6 is 56.7 Å². The number of carbonyl (C=O) groups excluding carboxylic acids is 4. The molecular formula is C28H12F4O4S5. The highest BCUT2D eigenvalue weighted by Crippen LogP contribution is 2.50. The van der Waals surface area contributed by atoms with Gasteiger partial charge in [-0.2, -0.15) is 17.6 Å². The Bertz CT molecular complexity index is 1870. The second kappa shape index (κ2) is 8.71. The summed E-state index contributed by atoms with van der Waals surface area (Å²) >= 11 is 6.22. The molecule has 4 nitrogen and oxygen atoms in total. The van der Waals surface area contributed by atoms with Crippen molar-refractivity contribution in [2.45, 2.75) is 25.7 Å². The second-order valence-electron chi connectivity index (χ2n) is 9.48. The molecule has 0 spiro atoms. The van der Waals surface area contributed by atoms with Crippen LogP contribution < -0.4 is 0 Å². The van der Waals surface area contributed by atoms with E-state index in [-0.39, 0.29) is 20.9 Å². The maximum atomic E-state index is 13.9. The number of ketones is 4. The maximum Gasteiger partial charge on any atom is 0.372 e. The molecule has 0 bridgehead atoms. The lowest BCUT2D eigenvalue weighted by Crippen LogP contribution is -2.30. The van der Waals surface area contributed by atoms with E-state index < -0.39 is 35.0 Å². The standard InChI is InChI=1S/C28H12F4O4S5/c1-9-17-21(25(35)27(29,30)23(17)33)40-19(9)15-7-5-13(38-15)11-3-4-12(37-11)14-6-8-16(39-14)20-10(2)18-22(41-20)26(36)28(31,32)24(18)34/h3-8H,1-2H3. The summed E-state index contributed by atoms with van der Waals surface area (Å²) in [4.78, 5) is 54.6. The zero-order valence-corrected chi connectivity index (χ0v) is 24.7. The largest absolute Gasteiger partial charge is 0.372 e. The summed E-state index contributed by atoms with van der Waals surface area (Å²) in [5.41, 5.74) is 0.397. The lowest BCUT2D eigenvalue weighted by Gasteiger charge is -2.05. The molecule has 0 amide bonds. The lowest BCUT2D eigenvalue weighted by atomic mass is 10.1. The zero-order chi connectivity index (χ0) is 29.2. The van der Waals surface area contributed by atoms with Gasteiger partial charge in [-0.05, 0) is 61.4 Å². The molecule has 0 N–H and O–H groups in total. The van der Waals surface area contributed by atoms with Crippen LogP contribution in [0.15, 0.2) is 36.4 Å². The molecule has 2 aliphatic rings. The smallest absolute Gasteiger partial charge is 0.287 e. The van der Waals surface area contributed by atoms with Gasteiger partial charge in [-0.3, -0.25) is 19.2 Å². The van der Waals surface area contributed by atoms with Crippen molar-refractivity contribution in [1.29, 1.82) is 0 Å². The van der Waals surface area contributed by atoms with E-state index in [9.17, 15) is 36.7 Å². The van der Waals surface area contributed by atoms with Crippen LogP contribution in [0, 0.1) is 13.8 Å². The molecule has 0 fully saturated rings. The third-order valence-electron chi connectivity index (χ3n) is 7.05. The van der Waals surface area contributed by atoms with Crippen molar-refractivity contribution in [3.63, 3.8) is 0 Å². The Morgan fingerprint density at radius 3 is 1.05 bits per heavy atom. The second-order valence-corrected chi connectivity index (χ2v) is 14.8. The van der Waals surface area contributed by atoms with Crippen molar-refractivity contribution in [3.8, 4) is 39.0 Å². The Kier molecular flexibility index (Phi) is 5.69. The minimum Gasteiger partial charge on any atom is -0.287 e. The van der Waals surface area contributed by atoms with Gasteiger partial charge in [0.15, 0.2) is 0 Å². The summed E-state index contributed by atoms with van der Waals surface area (Å²) < 4.78 is 55.6. The van der Waals surface area contributed by atoms with Crippen molar-refractivity contribution >= 4 is 79.8 Å². The summed E-state index contributed by atoms with van der Waals surface area (Å²) in [6, 6.07) is 11.4. The number of thiophene rings is 5. The molecule has 0 atom stereocenters. The van der Waals surface area contributed by atoms with Gasteiger partial charge in [0.1, 0.15) is 0 Å². The number of fused-ring (bicyclic) bond motifs is 2. The monoisotopic (exact) mass is 648 g/mol. The van der Waals surface area contributed by atoms with E-state index in [1.807, 2.05) is 36.4 Å². The molecule has 5 aromatic rings. The van der Waals surface area contributed by atoms with E-state index in [1.54, 1.807) is 13.8 Å². The highest BCUT2D eigenvalue weighted by Gasteiger charge is 2.58. The number of hydrogen-bond acceptors (Lipinski definition) is 9. The van der Waals surface area contributed by atoms with Gasteiger partial charge in [0.05, 0.1) is 9.75 Å². The average molecular weight is 649 g/mol. The van der Waals surface area contributed by atoms with Crippen LogP contribution in [0.3, 0.4) is 0 Å². The van der Waals surface area contributed by atoms with Crippen molar-refractivity contribution in [1.82, 2.24) is 0 Å². The predicted molar refractivity (Wildman–Crippen MR) is 154 cm³/mol. The van der Waals surface area contributed by atoms with Crippen molar-refractivity contribution in [2.75, 3.05) is 0 Å². The summed E-state index contributed by atoms with van der Waals surface area (Å²) in [6.07, 6.45) is 0. The van der Waals surface area contributed by atoms with Crippen molar-refractivity contribution in [2.24, 2.45) is 0 Å². The molecule has 0 radical (unpaired) electrons. The van der Waals surface area contributed by atoms with E-state index in [0.717, 1.165) is 51.9 Å². The Hall–Kier alpha value is -3.10. The molecule has 0 saturated heterocycles. The van der Waals surface area contributed by atoms with Crippen LogP contribution in [0.5, 0.6) is 0 Å². The van der Waals surface area contributed by atoms with Crippen LogP contribution in [0.1, 0.15) is 51.2 Å². The van der Waals surface area contributed by atoms with Gasteiger partial charge < -0.3 is 0 Å². The first-order valence-corrected chi connectivity index (χ1v) is 15.9. The van der Waals surface area contributed by atoms with Gasteiger partial charge in [0.2, 0.25) is 11.6 Å². The number of carbonyl (C=O) groups is 4. The predicted octanol–water partition coefficient (Wildman–Crippen LogP) is 9.31. The minimum absolute atomic E-state index is 0.185. The number of Topliss-reactive ketones (excluding diaryl/α,β-unsaturated/α-hetero) is 4. The summed E-state index contributed by atoms with van der Waals surface area (Å²) in [5, 5.41) is 0. The molecule has 7 rings (SSSR count). The molecule has 0 aromatic carbocycles. The SMILES string of the molecule is Cc1c(-c2ccc(-c3ccc(-c4ccc(-c5sc6c(c5C)C(=O)C(F)(F)C6=O)s4)s3)s2)sc2c1C(=O)C(F)(F)C2=O. The highest BCUT2D eigenvalue weighted by atomic mass is 32.1. The first kappa shape index (κ1) is 26.8. The average Bonchev–Trinajstić information content (AvgIpc) is 3.76. The van der Waals surface area contributed by atoms with Crippen LogP contribution in [0.25, 0.3) is 39.0 Å². The molecule has 41 heavy (non-hydrogen) atoms. The molecule has 0 saturated carbocycles. The van der Waals surface area contributed by atoms with E-state index in [0.29, 0.717) is 20.9 Å². The highest BCUT2D eigenvalue weighted by molar-refractivity contribution is 7.30. The number of halogens is 4. The fourth-order valence-electron chi connectivity index (χ4n) is 4.96. The van der Waals surface area contributed by atoms with Gasteiger partial charge in [-0.15, -0.1) is 56.7 Å². The van der Waals surface area contributed by atoms with Gasteiger partial charge in [0.25, 0.3) is 11.6 Å². The van der Waals surface area contributed by atoms with Gasteiger partial charge in [-0.25, -0.2) is 0 Å². The number of alkyl halides is 4. The van der Waals surface area contributed by atoms with Crippen molar-refractivity contribution < 1.29 is 36.7 Å². The molecule has 2 aliphatic carbocycles. The first-order valence-electron chi connectivity index (χ1n) is 11.8. The zero-order valence-electron chi connectivity index (χ0n) is 20.7. The number of hydrogen-bond donors (Lipinski definition) is 0. The van der Waals surface area contributed by atoms with Crippen LogP contribution in [-0.4, -0.2) is 35.0 Å². The molecular weight excluding hydrogens is 637 g/mol. The first-order chi connectivity index (χ1) is 19.3. The molecule has 5 aromatic heterocycles. The third-order valence-corrected chi connectivity index (χ3v) is 13.6. The fourth-order valence-corrected chi connectivity index (χ4v) is 11.0. The Morgan fingerprint density at radius 1 is 0.439 bits per heavy atom. The van der Waals surface area contributed by atoms with Crippen LogP contribution in [0.4, 0.5) is 17.6 Å². The normalized spacial score (nSPS) is 17.1. The fraction of sp³-hybridized carbons (Fsp3) is 0.143. The Labute approximate surface area is 248 Å². The van der Waals surface area contributed by atoms with Crippen molar-refractivity contribution in [3.05, 3.63) is 68.4 Å². The van der Waals surface area contributed by atoms with Gasteiger partial charge >= 0.3 is 11.8 Å². The summed E-state index contributed by atoms with van der Waals surface area (Å²) in [6.45, 7) is 3.16. The quantitative estimate of drug-likeness (QED) is 0.144. The maximum absolute atomic E-state index is 13.9. The van der Waals surface area contributed by atoms with E-state index in [4.69, 9.17) is 0 Å². The van der Waals surface area contributed by atoms with E-state index >= 15 is 0 Å². The molecule has 206 valence electrons. The van der Waals surface area contributed by atoms with Crippen LogP contribution in [-0.2, 0) is 0 Å². The topological polar surface area (TPSA) is 68.3 Å². The minimum atomic E-state index is -3.99. The van der Waals surface area contributed by atoms with E-state index in [2.05, 4.69) is 0 Å². The molecule has 0 aliphatic heterocycles. The molecule has 13 heteroatoms. The summed E-state index contributed by atoms with van der Waals surface area (Å²) in [5.74, 6) is -13.7.